The van der Waals surface area contributed by atoms with Crippen molar-refractivity contribution >= 4 is 23.3 Å². The van der Waals surface area contributed by atoms with Crippen molar-refractivity contribution in [2.75, 3.05) is 0 Å². The van der Waals surface area contributed by atoms with Crippen LogP contribution in [0.15, 0.2) is 22.3 Å². The fraction of sp³-hybridized carbons (Fsp3) is 0.273. The molecule has 4 N–H and O–H groups in total. The van der Waals surface area contributed by atoms with E-state index in [0.29, 0.717) is 0 Å². The summed E-state index contributed by atoms with van der Waals surface area (Å²) in [6, 6.07) is 3.90. The van der Waals surface area contributed by atoms with Gasteiger partial charge in [-0.2, -0.15) is 5.10 Å². The molecule has 0 bridgehead atoms. The zero-order valence-electron chi connectivity index (χ0n) is 9.00. The summed E-state index contributed by atoms with van der Waals surface area (Å²) in [5, 5.41) is 8.54. The SMILES string of the molecule is Cc1ccc(Cl)c2c1C(=NN=C(N)N)CC2. The molecule has 1 aliphatic carbocycles. The van der Waals surface area contributed by atoms with Crippen molar-refractivity contribution in [2.45, 2.75) is 19.8 Å². The first kappa shape index (κ1) is 11.0. The average Bonchev–Trinajstić information content (AvgIpc) is 2.65. The van der Waals surface area contributed by atoms with Gasteiger partial charge in [-0.25, -0.2) is 0 Å². The van der Waals surface area contributed by atoms with Crippen LogP contribution in [0.4, 0.5) is 0 Å². The van der Waals surface area contributed by atoms with E-state index in [1.165, 1.54) is 0 Å². The van der Waals surface area contributed by atoms with Crippen molar-refractivity contribution in [1.82, 2.24) is 0 Å². The molecule has 0 radical (unpaired) electrons. The van der Waals surface area contributed by atoms with Crippen molar-refractivity contribution in [2.24, 2.45) is 21.7 Å². The number of hydrogen-bond donors (Lipinski definition) is 2. The molecule has 16 heavy (non-hydrogen) atoms. The van der Waals surface area contributed by atoms with Gasteiger partial charge in [0.2, 0.25) is 5.96 Å². The first-order valence-electron chi connectivity index (χ1n) is 5.03. The van der Waals surface area contributed by atoms with E-state index in [-0.39, 0.29) is 5.96 Å². The third-order valence-corrected chi connectivity index (χ3v) is 3.00. The highest BCUT2D eigenvalue weighted by Crippen LogP contribution is 2.31. The van der Waals surface area contributed by atoms with E-state index in [1.807, 2.05) is 19.1 Å². The van der Waals surface area contributed by atoms with E-state index < -0.39 is 0 Å². The molecule has 5 heteroatoms. The van der Waals surface area contributed by atoms with Gasteiger partial charge in [-0.3, -0.25) is 0 Å². The number of hydrogen-bond acceptors (Lipinski definition) is 2. The molecule has 0 amide bonds. The van der Waals surface area contributed by atoms with Gasteiger partial charge in [0.25, 0.3) is 0 Å². The second kappa shape index (κ2) is 4.14. The molecular weight excluding hydrogens is 224 g/mol. The maximum absolute atomic E-state index is 6.13. The molecule has 0 unspecified atom stereocenters. The van der Waals surface area contributed by atoms with Gasteiger partial charge in [-0.05, 0) is 37.0 Å². The Morgan fingerprint density at radius 3 is 2.75 bits per heavy atom. The highest BCUT2D eigenvalue weighted by Gasteiger charge is 2.22. The average molecular weight is 237 g/mol. The molecule has 1 aromatic rings. The molecule has 0 fully saturated rings. The molecule has 0 saturated heterocycles. The van der Waals surface area contributed by atoms with Gasteiger partial charge >= 0.3 is 0 Å². The fourth-order valence-corrected chi connectivity index (χ4v) is 2.22. The lowest BCUT2D eigenvalue weighted by molar-refractivity contribution is 1.08. The molecule has 2 rings (SSSR count). The van der Waals surface area contributed by atoms with Crippen LogP contribution in [0.5, 0.6) is 0 Å². The summed E-state index contributed by atoms with van der Waals surface area (Å²) in [6.07, 6.45) is 1.73. The standard InChI is InChI=1S/C11H13ClN4/c1-6-2-4-8(12)7-3-5-9(10(6)7)15-16-11(13)14/h2,4H,3,5H2,1H3,(H4,13,14,16). The zero-order valence-corrected chi connectivity index (χ0v) is 9.75. The zero-order chi connectivity index (χ0) is 11.7. The summed E-state index contributed by atoms with van der Waals surface area (Å²) in [6.45, 7) is 2.03. The third kappa shape index (κ3) is 1.88. The Labute approximate surface area is 99.0 Å². The first-order chi connectivity index (χ1) is 7.59. The highest BCUT2D eigenvalue weighted by molar-refractivity contribution is 6.32. The van der Waals surface area contributed by atoms with Crippen LogP contribution in [-0.4, -0.2) is 11.7 Å². The van der Waals surface area contributed by atoms with Crippen molar-refractivity contribution in [3.63, 3.8) is 0 Å². The van der Waals surface area contributed by atoms with Gasteiger partial charge in [0.15, 0.2) is 0 Å². The van der Waals surface area contributed by atoms with Crippen LogP contribution in [0.1, 0.15) is 23.1 Å². The van der Waals surface area contributed by atoms with Crippen LogP contribution in [0, 0.1) is 6.92 Å². The topological polar surface area (TPSA) is 76.8 Å². The number of aryl methyl sites for hydroxylation is 1. The summed E-state index contributed by atoms with van der Waals surface area (Å²) in [4.78, 5) is 0. The van der Waals surface area contributed by atoms with Crippen LogP contribution in [0.25, 0.3) is 0 Å². The normalized spacial score (nSPS) is 16.2. The first-order valence-corrected chi connectivity index (χ1v) is 5.41. The predicted octanol–water partition coefficient (Wildman–Crippen LogP) is 1.57. The van der Waals surface area contributed by atoms with Gasteiger partial charge in [0, 0.05) is 10.6 Å². The van der Waals surface area contributed by atoms with Gasteiger partial charge in [0.1, 0.15) is 0 Å². The van der Waals surface area contributed by atoms with Crippen molar-refractivity contribution in [3.8, 4) is 0 Å². The van der Waals surface area contributed by atoms with E-state index in [4.69, 9.17) is 23.1 Å². The van der Waals surface area contributed by atoms with Crippen LogP contribution < -0.4 is 11.5 Å². The number of nitrogens with two attached hydrogens (primary N) is 2. The van der Waals surface area contributed by atoms with E-state index in [9.17, 15) is 0 Å². The Balaban J connectivity index is 2.51. The Hall–Kier alpha value is -1.55. The number of rotatable bonds is 1. The van der Waals surface area contributed by atoms with E-state index in [0.717, 1.165) is 40.3 Å². The minimum absolute atomic E-state index is 0.0272. The van der Waals surface area contributed by atoms with Crippen LogP contribution in [-0.2, 0) is 6.42 Å². The number of guanidine groups is 1. The monoisotopic (exact) mass is 236 g/mol. The Morgan fingerprint density at radius 1 is 1.31 bits per heavy atom. The predicted molar refractivity (Wildman–Crippen MR) is 66.9 cm³/mol. The summed E-state index contributed by atoms with van der Waals surface area (Å²) >= 11 is 6.13. The molecule has 0 aromatic heterocycles. The summed E-state index contributed by atoms with van der Waals surface area (Å²) in [5.41, 5.74) is 14.8. The second-order valence-corrected chi connectivity index (χ2v) is 4.20. The molecule has 0 heterocycles. The van der Waals surface area contributed by atoms with Gasteiger partial charge < -0.3 is 11.5 Å². The molecule has 1 aliphatic rings. The molecule has 1 aromatic carbocycles. The Bertz CT molecular complexity index is 487. The smallest absolute Gasteiger partial charge is 0.211 e. The number of benzene rings is 1. The number of halogens is 1. The van der Waals surface area contributed by atoms with Crippen molar-refractivity contribution in [3.05, 3.63) is 33.8 Å². The molecule has 0 saturated carbocycles. The Kier molecular flexibility index (Phi) is 2.83. The summed E-state index contributed by atoms with van der Waals surface area (Å²) < 4.78 is 0. The van der Waals surface area contributed by atoms with Crippen molar-refractivity contribution in [1.29, 1.82) is 0 Å². The maximum atomic E-state index is 6.13. The van der Waals surface area contributed by atoms with Gasteiger partial charge in [-0.1, -0.05) is 17.7 Å². The lowest BCUT2D eigenvalue weighted by atomic mass is 10.0. The lowest BCUT2D eigenvalue weighted by Gasteiger charge is -2.05. The lowest BCUT2D eigenvalue weighted by Crippen LogP contribution is -2.22. The minimum atomic E-state index is -0.0272. The van der Waals surface area contributed by atoms with E-state index in [1.54, 1.807) is 0 Å². The molecule has 0 atom stereocenters. The van der Waals surface area contributed by atoms with Crippen molar-refractivity contribution < 1.29 is 0 Å². The minimum Gasteiger partial charge on any atom is -0.369 e. The molecule has 0 spiro atoms. The van der Waals surface area contributed by atoms with Crippen LogP contribution >= 0.6 is 11.6 Å². The molecular formula is C11H13ClN4. The quantitative estimate of drug-likeness (QED) is 0.441. The number of nitrogens with zero attached hydrogens (tertiary/aromatic N) is 2. The van der Waals surface area contributed by atoms with Crippen LogP contribution in [0.3, 0.4) is 0 Å². The second-order valence-electron chi connectivity index (χ2n) is 3.79. The van der Waals surface area contributed by atoms with E-state index in [2.05, 4.69) is 10.2 Å². The Morgan fingerprint density at radius 2 is 2.06 bits per heavy atom. The van der Waals surface area contributed by atoms with Gasteiger partial charge in [0.05, 0.1) is 5.71 Å². The maximum Gasteiger partial charge on any atom is 0.211 e. The van der Waals surface area contributed by atoms with Crippen LogP contribution in [0.2, 0.25) is 5.02 Å². The largest absolute Gasteiger partial charge is 0.369 e. The fourth-order valence-electron chi connectivity index (χ4n) is 1.97. The molecule has 0 aliphatic heterocycles. The van der Waals surface area contributed by atoms with E-state index >= 15 is 0 Å². The summed E-state index contributed by atoms with van der Waals surface area (Å²) in [7, 11) is 0. The number of fused-ring (bicyclic) bond motifs is 1. The molecule has 4 nitrogen and oxygen atoms in total. The summed E-state index contributed by atoms with van der Waals surface area (Å²) in [5.74, 6) is -0.0272. The third-order valence-electron chi connectivity index (χ3n) is 2.65. The van der Waals surface area contributed by atoms with Gasteiger partial charge in [-0.15, -0.1) is 5.10 Å². The highest BCUT2D eigenvalue weighted by atomic mass is 35.5. The molecule has 84 valence electrons.